The lowest BCUT2D eigenvalue weighted by Crippen LogP contribution is -1.97. The van der Waals surface area contributed by atoms with Gasteiger partial charge < -0.3 is 9.84 Å². The van der Waals surface area contributed by atoms with Crippen molar-refractivity contribution >= 4 is 32.8 Å². The maximum absolute atomic E-state index is 11.1. The minimum absolute atomic E-state index is 0.267. The Labute approximate surface area is 162 Å². The van der Waals surface area contributed by atoms with Crippen molar-refractivity contribution in [2.45, 2.75) is 6.42 Å². The van der Waals surface area contributed by atoms with E-state index in [1.165, 1.54) is 0 Å². The number of phenols is 1. The number of hydrogen-bond acceptors (Lipinski definition) is 4. The Bertz CT molecular complexity index is 1330. The first-order valence-electron chi connectivity index (χ1n) is 9.16. The van der Waals surface area contributed by atoms with Crippen LogP contribution in [0.1, 0.15) is 11.1 Å². The summed E-state index contributed by atoms with van der Waals surface area (Å²) in [6, 6.07) is 23.5. The van der Waals surface area contributed by atoms with E-state index in [-0.39, 0.29) is 5.75 Å². The lowest BCUT2D eigenvalue weighted by molar-refractivity contribution is 0.414. The minimum atomic E-state index is 0.267. The van der Waals surface area contributed by atoms with E-state index < -0.39 is 0 Å². The lowest BCUT2D eigenvalue weighted by Gasteiger charge is -2.13. The molecule has 0 aliphatic carbocycles. The molecule has 0 aliphatic heterocycles. The van der Waals surface area contributed by atoms with Crippen LogP contribution in [0.4, 0.5) is 0 Å². The molecule has 0 spiro atoms. The van der Waals surface area contributed by atoms with Gasteiger partial charge in [0.15, 0.2) is 0 Å². The summed E-state index contributed by atoms with van der Waals surface area (Å²) in [6.07, 6.45) is 0.560. The van der Waals surface area contributed by atoms with Crippen molar-refractivity contribution in [1.82, 2.24) is 9.97 Å². The fourth-order valence-corrected chi connectivity index (χ4v) is 3.68. The van der Waals surface area contributed by atoms with Gasteiger partial charge in [-0.05, 0) is 29.8 Å². The predicted molar refractivity (Wildman–Crippen MR) is 112 cm³/mol. The van der Waals surface area contributed by atoms with Crippen LogP contribution < -0.4 is 4.74 Å². The SMILES string of the molecule is COc1ccc(Cc2c(O)c3ccccc3c3nc4ccccc4nc23)cc1. The number of rotatable bonds is 3. The highest BCUT2D eigenvalue weighted by molar-refractivity contribution is 6.10. The first kappa shape index (κ1) is 16.5. The van der Waals surface area contributed by atoms with Gasteiger partial charge in [0.25, 0.3) is 0 Å². The average molecular weight is 366 g/mol. The van der Waals surface area contributed by atoms with Gasteiger partial charge in [-0.2, -0.15) is 0 Å². The van der Waals surface area contributed by atoms with Crippen molar-refractivity contribution in [1.29, 1.82) is 0 Å². The monoisotopic (exact) mass is 366 g/mol. The van der Waals surface area contributed by atoms with E-state index in [4.69, 9.17) is 14.7 Å². The van der Waals surface area contributed by atoms with Crippen molar-refractivity contribution in [2.75, 3.05) is 7.11 Å². The first-order chi connectivity index (χ1) is 13.7. The summed E-state index contributed by atoms with van der Waals surface area (Å²) in [6.45, 7) is 0. The van der Waals surface area contributed by atoms with Crippen LogP contribution in [0.3, 0.4) is 0 Å². The van der Waals surface area contributed by atoms with Crippen molar-refractivity contribution in [3.63, 3.8) is 0 Å². The molecule has 4 nitrogen and oxygen atoms in total. The number of aromatic nitrogens is 2. The fraction of sp³-hybridized carbons (Fsp3) is 0.0833. The number of benzene rings is 4. The molecule has 0 unspecified atom stereocenters. The average Bonchev–Trinajstić information content (AvgIpc) is 2.76. The van der Waals surface area contributed by atoms with Gasteiger partial charge in [-0.3, -0.25) is 0 Å². The number of ether oxygens (including phenoxy) is 1. The topological polar surface area (TPSA) is 55.2 Å². The zero-order valence-corrected chi connectivity index (χ0v) is 15.4. The van der Waals surface area contributed by atoms with E-state index in [2.05, 4.69) is 0 Å². The van der Waals surface area contributed by atoms with Crippen molar-refractivity contribution in [3.8, 4) is 11.5 Å². The van der Waals surface area contributed by atoms with Crippen LogP contribution in [0.15, 0.2) is 72.8 Å². The molecule has 0 saturated carbocycles. The highest BCUT2D eigenvalue weighted by atomic mass is 16.5. The van der Waals surface area contributed by atoms with Gasteiger partial charge in [0.2, 0.25) is 0 Å². The molecular formula is C24H18N2O2. The summed E-state index contributed by atoms with van der Waals surface area (Å²) >= 11 is 0. The highest BCUT2D eigenvalue weighted by Gasteiger charge is 2.17. The maximum atomic E-state index is 11.1. The van der Waals surface area contributed by atoms with Gasteiger partial charge in [0.05, 0.1) is 29.2 Å². The quantitative estimate of drug-likeness (QED) is 0.350. The second-order valence-corrected chi connectivity index (χ2v) is 6.81. The smallest absolute Gasteiger partial charge is 0.129 e. The molecule has 0 saturated heterocycles. The third kappa shape index (κ3) is 2.62. The number of phenolic OH excluding ortho intramolecular Hbond substituents is 1. The normalized spacial score (nSPS) is 11.3. The van der Waals surface area contributed by atoms with E-state index in [1.54, 1.807) is 7.11 Å². The van der Waals surface area contributed by atoms with E-state index in [0.29, 0.717) is 6.42 Å². The standard InChI is InChI=1S/C24H18N2O2/c1-28-16-12-10-15(11-13-16)14-19-23-22(17-6-2-3-7-18(17)24(19)27)25-20-8-4-5-9-21(20)26-23/h2-13,27H,14H2,1H3. The predicted octanol–water partition coefficient (Wildman–Crippen LogP) is 5.24. The summed E-state index contributed by atoms with van der Waals surface area (Å²) in [5.41, 5.74) is 5.09. The summed E-state index contributed by atoms with van der Waals surface area (Å²) in [7, 11) is 1.65. The van der Waals surface area contributed by atoms with Crippen LogP contribution in [0.25, 0.3) is 32.8 Å². The van der Waals surface area contributed by atoms with E-state index >= 15 is 0 Å². The zero-order valence-electron chi connectivity index (χ0n) is 15.4. The van der Waals surface area contributed by atoms with Gasteiger partial charge in [-0.1, -0.05) is 48.5 Å². The van der Waals surface area contributed by atoms with Gasteiger partial charge in [-0.15, -0.1) is 0 Å². The summed E-state index contributed by atoms with van der Waals surface area (Å²) < 4.78 is 5.25. The molecule has 1 N–H and O–H groups in total. The molecule has 0 amide bonds. The lowest BCUT2D eigenvalue weighted by atomic mass is 9.97. The highest BCUT2D eigenvalue weighted by Crippen LogP contribution is 2.37. The summed E-state index contributed by atoms with van der Waals surface area (Å²) in [5, 5.41) is 12.8. The number of nitrogens with zero attached hydrogens (tertiary/aromatic N) is 2. The molecule has 28 heavy (non-hydrogen) atoms. The van der Waals surface area contributed by atoms with E-state index in [0.717, 1.165) is 49.7 Å². The van der Waals surface area contributed by atoms with Gasteiger partial charge in [0.1, 0.15) is 11.5 Å². The molecule has 0 aliphatic rings. The van der Waals surface area contributed by atoms with Crippen molar-refractivity contribution in [2.24, 2.45) is 0 Å². The van der Waals surface area contributed by atoms with Crippen LogP contribution in [-0.4, -0.2) is 22.2 Å². The fourth-order valence-electron chi connectivity index (χ4n) is 3.68. The molecule has 4 aromatic carbocycles. The zero-order chi connectivity index (χ0) is 19.1. The molecule has 1 aromatic heterocycles. The number of methoxy groups -OCH3 is 1. The Morgan fingerprint density at radius 3 is 2.04 bits per heavy atom. The molecule has 5 aromatic rings. The van der Waals surface area contributed by atoms with Gasteiger partial charge in [-0.25, -0.2) is 9.97 Å². The Hall–Kier alpha value is -3.66. The summed E-state index contributed by atoms with van der Waals surface area (Å²) in [4.78, 5) is 9.75. The molecule has 0 radical (unpaired) electrons. The third-order valence-electron chi connectivity index (χ3n) is 5.12. The van der Waals surface area contributed by atoms with Crippen LogP contribution in [0, 0.1) is 0 Å². The molecule has 4 heteroatoms. The van der Waals surface area contributed by atoms with Crippen molar-refractivity contribution < 1.29 is 9.84 Å². The van der Waals surface area contributed by atoms with Crippen LogP contribution >= 0.6 is 0 Å². The molecule has 0 atom stereocenters. The number of fused-ring (bicyclic) bond motifs is 4. The Balaban J connectivity index is 1.81. The van der Waals surface area contributed by atoms with Gasteiger partial charge in [0, 0.05) is 22.8 Å². The van der Waals surface area contributed by atoms with Crippen LogP contribution in [0.5, 0.6) is 11.5 Å². The van der Waals surface area contributed by atoms with E-state index in [9.17, 15) is 5.11 Å². The number of para-hydroxylation sites is 2. The van der Waals surface area contributed by atoms with E-state index in [1.807, 2.05) is 72.8 Å². The molecule has 1 heterocycles. The van der Waals surface area contributed by atoms with Crippen LogP contribution in [0.2, 0.25) is 0 Å². The van der Waals surface area contributed by atoms with Crippen LogP contribution in [-0.2, 0) is 6.42 Å². The molecular weight excluding hydrogens is 348 g/mol. The Kier molecular flexibility index (Phi) is 3.83. The van der Waals surface area contributed by atoms with Gasteiger partial charge >= 0.3 is 0 Å². The molecule has 136 valence electrons. The third-order valence-corrected chi connectivity index (χ3v) is 5.12. The number of aromatic hydroxyl groups is 1. The summed E-state index contributed by atoms with van der Waals surface area (Å²) in [5.74, 6) is 1.07. The molecule has 0 bridgehead atoms. The second-order valence-electron chi connectivity index (χ2n) is 6.81. The Morgan fingerprint density at radius 1 is 0.750 bits per heavy atom. The largest absolute Gasteiger partial charge is 0.507 e. The maximum Gasteiger partial charge on any atom is 0.129 e. The Morgan fingerprint density at radius 2 is 1.36 bits per heavy atom. The van der Waals surface area contributed by atoms with Crippen molar-refractivity contribution in [3.05, 3.63) is 83.9 Å². The second kappa shape index (κ2) is 6.50. The molecule has 5 rings (SSSR count). The number of hydrogen-bond donors (Lipinski definition) is 1. The molecule has 0 fully saturated rings. The minimum Gasteiger partial charge on any atom is -0.507 e. The first-order valence-corrected chi connectivity index (χ1v) is 9.16.